The highest BCUT2D eigenvalue weighted by Gasteiger charge is 1.95. The summed E-state index contributed by atoms with van der Waals surface area (Å²) in [6.45, 7) is 0. The van der Waals surface area contributed by atoms with Crippen molar-refractivity contribution < 1.29 is 0 Å². The van der Waals surface area contributed by atoms with Gasteiger partial charge in [-0.25, -0.2) is 0 Å². The van der Waals surface area contributed by atoms with Gasteiger partial charge in [-0.05, 0) is 12.5 Å². The predicted octanol–water partition coefficient (Wildman–Crippen LogP) is 3.64. The van der Waals surface area contributed by atoms with Gasteiger partial charge in [0, 0.05) is 0 Å². The molecular formula is C12H16. The monoisotopic (exact) mass is 160 g/mol. The quantitative estimate of drug-likeness (QED) is 0.543. The lowest BCUT2D eigenvalue weighted by molar-refractivity contribution is 0.593. The van der Waals surface area contributed by atoms with E-state index in [-0.39, 0.29) is 0 Å². The summed E-state index contributed by atoms with van der Waals surface area (Å²) >= 11 is 0. The highest BCUT2D eigenvalue weighted by Crippen LogP contribution is 2.14. The maximum absolute atomic E-state index is 2.89. The maximum atomic E-state index is 2.89. The highest BCUT2D eigenvalue weighted by atomic mass is 14.0. The second-order valence-electron chi connectivity index (χ2n) is 3.00. The van der Waals surface area contributed by atoms with Crippen molar-refractivity contribution in [3.05, 3.63) is 42.8 Å². The summed E-state index contributed by atoms with van der Waals surface area (Å²) in [6.07, 6.45) is 9.50. The SMILES string of the molecule is [CH]1CCCCC1.[c]1ccccc1. The van der Waals surface area contributed by atoms with Crippen LogP contribution >= 0.6 is 0 Å². The largest absolute Gasteiger partial charge is 0.0622 e. The molecule has 0 aromatic heterocycles. The van der Waals surface area contributed by atoms with Crippen molar-refractivity contribution in [2.75, 3.05) is 0 Å². The zero-order chi connectivity index (χ0) is 8.49. The number of hydrogen-bond donors (Lipinski definition) is 0. The van der Waals surface area contributed by atoms with Crippen LogP contribution in [0.1, 0.15) is 32.1 Å². The third-order valence-corrected chi connectivity index (χ3v) is 1.92. The molecule has 0 amide bonds. The molecule has 1 aromatic carbocycles. The van der Waals surface area contributed by atoms with Gasteiger partial charge in [0.2, 0.25) is 0 Å². The first-order chi connectivity index (χ1) is 6.00. The summed E-state index contributed by atoms with van der Waals surface area (Å²) in [7, 11) is 0. The van der Waals surface area contributed by atoms with Crippen molar-refractivity contribution in [3.63, 3.8) is 0 Å². The first kappa shape index (κ1) is 9.31. The van der Waals surface area contributed by atoms with Crippen LogP contribution in [0, 0.1) is 12.5 Å². The molecule has 64 valence electrons. The molecule has 1 aromatic rings. The maximum Gasteiger partial charge on any atom is -0.0184 e. The molecule has 1 aliphatic carbocycles. The first-order valence-electron chi connectivity index (χ1n) is 4.73. The van der Waals surface area contributed by atoms with E-state index < -0.39 is 0 Å². The summed E-state index contributed by atoms with van der Waals surface area (Å²) in [4.78, 5) is 0. The Labute approximate surface area is 75.6 Å². The minimum absolute atomic E-state index is 1.38. The van der Waals surface area contributed by atoms with E-state index in [9.17, 15) is 0 Å². The van der Waals surface area contributed by atoms with Crippen LogP contribution in [-0.4, -0.2) is 0 Å². The van der Waals surface area contributed by atoms with Gasteiger partial charge in [-0.3, -0.25) is 0 Å². The Morgan fingerprint density at radius 1 is 0.750 bits per heavy atom. The van der Waals surface area contributed by atoms with Crippen LogP contribution in [0.4, 0.5) is 0 Å². The van der Waals surface area contributed by atoms with Crippen molar-refractivity contribution in [3.8, 4) is 0 Å². The fraction of sp³-hybridized carbons (Fsp3) is 0.417. The molecule has 0 aliphatic heterocycles. The fourth-order valence-corrected chi connectivity index (χ4v) is 1.24. The van der Waals surface area contributed by atoms with Gasteiger partial charge < -0.3 is 0 Å². The Balaban J connectivity index is 0.000000120. The molecule has 0 nitrogen and oxygen atoms in total. The topological polar surface area (TPSA) is 0 Å². The summed E-state index contributed by atoms with van der Waals surface area (Å²) in [6, 6.07) is 12.5. The molecule has 0 N–H and O–H groups in total. The molecule has 2 rings (SSSR count). The van der Waals surface area contributed by atoms with E-state index in [0.717, 1.165) is 0 Å². The van der Waals surface area contributed by atoms with Gasteiger partial charge in [0.25, 0.3) is 0 Å². The molecule has 0 saturated heterocycles. The molecule has 0 heterocycles. The predicted molar refractivity (Wildman–Crippen MR) is 52.7 cm³/mol. The molecule has 0 spiro atoms. The molecule has 1 aliphatic rings. The van der Waals surface area contributed by atoms with Crippen LogP contribution in [0.3, 0.4) is 0 Å². The average molecular weight is 160 g/mol. The van der Waals surface area contributed by atoms with Crippen LogP contribution in [0.5, 0.6) is 0 Å². The van der Waals surface area contributed by atoms with E-state index in [4.69, 9.17) is 0 Å². The molecule has 12 heavy (non-hydrogen) atoms. The molecule has 0 bridgehead atoms. The highest BCUT2D eigenvalue weighted by molar-refractivity contribution is 4.97. The van der Waals surface area contributed by atoms with Gasteiger partial charge in [-0.2, -0.15) is 0 Å². The minimum Gasteiger partial charge on any atom is -0.0622 e. The van der Waals surface area contributed by atoms with Crippen LogP contribution in [0.25, 0.3) is 0 Å². The van der Waals surface area contributed by atoms with Gasteiger partial charge in [-0.1, -0.05) is 62.4 Å². The lowest BCUT2D eigenvalue weighted by atomic mass is 10.0. The van der Waals surface area contributed by atoms with E-state index >= 15 is 0 Å². The van der Waals surface area contributed by atoms with Gasteiger partial charge >= 0.3 is 0 Å². The van der Waals surface area contributed by atoms with E-state index in [2.05, 4.69) is 12.5 Å². The van der Waals surface area contributed by atoms with Crippen molar-refractivity contribution >= 4 is 0 Å². The summed E-state index contributed by atoms with van der Waals surface area (Å²) < 4.78 is 0. The van der Waals surface area contributed by atoms with E-state index in [1.807, 2.05) is 30.3 Å². The van der Waals surface area contributed by atoms with Crippen molar-refractivity contribution in [1.29, 1.82) is 0 Å². The van der Waals surface area contributed by atoms with Crippen LogP contribution in [0.2, 0.25) is 0 Å². The van der Waals surface area contributed by atoms with Crippen molar-refractivity contribution in [2.24, 2.45) is 0 Å². The van der Waals surface area contributed by atoms with Gasteiger partial charge in [0.1, 0.15) is 0 Å². The third kappa shape index (κ3) is 4.95. The summed E-state index contributed by atoms with van der Waals surface area (Å²) in [5, 5.41) is 0. The van der Waals surface area contributed by atoms with Gasteiger partial charge in [-0.15, -0.1) is 0 Å². The minimum atomic E-state index is 1.38. The number of rotatable bonds is 0. The molecule has 0 heteroatoms. The first-order valence-corrected chi connectivity index (χ1v) is 4.73. The van der Waals surface area contributed by atoms with Crippen molar-refractivity contribution in [1.82, 2.24) is 0 Å². The molecule has 0 unspecified atom stereocenters. The molecular weight excluding hydrogens is 144 g/mol. The summed E-state index contributed by atoms with van der Waals surface area (Å²) in [5.74, 6) is 0. The van der Waals surface area contributed by atoms with E-state index in [0.29, 0.717) is 0 Å². The second kappa shape index (κ2) is 6.90. The van der Waals surface area contributed by atoms with Crippen LogP contribution in [0.15, 0.2) is 30.3 Å². The van der Waals surface area contributed by atoms with Gasteiger partial charge in [0.15, 0.2) is 0 Å². The Morgan fingerprint density at radius 2 is 1.42 bits per heavy atom. The Kier molecular flexibility index (Phi) is 5.35. The standard InChI is InChI=1S/C6H11.C6H5/c2*1-2-4-6-5-3-1/h1H,2-6H2;1-5H. The fourth-order valence-electron chi connectivity index (χ4n) is 1.24. The smallest absolute Gasteiger partial charge is 0.0184 e. The van der Waals surface area contributed by atoms with Crippen LogP contribution in [-0.2, 0) is 0 Å². The zero-order valence-corrected chi connectivity index (χ0v) is 7.50. The Hall–Kier alpha value is -0.780. The zero-order valence-electron chi connectivity index (χ0n) is 7.50. The van der Waals surface area contributed by atoms with Crippen molar-refractivity contribution in [2.45, 2.75) is 32.1 Å². The normalized spacial score (nSPS) is 16.0. The summed E-state index contributed by atoms with van der Waals surface area (Å²) in [5.41, 5.74) is 0. The number of benzene rings is 1. The van der Waals surface area contributed by atoms with Crippen LogP contribution < -0.4 is 0 Å². The lowest BCUT2D eigenvalue weighted by Crippen LogP contribution is -1.87. The van der Waals surface area contributed by atoms with E-state index in [1.54, 1.807) is 0 Å². The molecule has 0 atom stereocenters. The Bertz CT molecular complexity index is 124. The average Bonchev–Trinajstić information content (AvgIpc) is 2.24. The second-order valence-corrected chi connectivity index (χ2v) is 3.00. The molecule has 1 fully saturated rings. The molecule has 1 saturated carbocycles. The van der Waals surface area contributed by atoms with Gasteiger partial charge in [0.05, 0.1) is 0 Å². The number of hydrogen-bond acceptors (Lipinski definition) is 0. The lowest BCUT2D eigenvalue weighted by Gasteiger charge is -2.05. The third-order valence-electron chi connectivity index (χ3n) is 1.92. The van der Waals surface area contributed by atoms with E-state index in [1.165, 1.54) is 32.1 Å². The Morgan fingerprint density at radius 3 is 1.58 bits per heavy atom. The molecule has 2 radical (unpaired) electrons.